The van der Waals surface area contributed by atoms with Crippen LogP contribution in [0.3, 0.4) is 0 Å². The molecular formula is C18H29NO3. The van der Waals surface area contributed by atoms with Gasteiger partial charge in [0.25, 0.3) is 0 Å². The van der Waals surface area contributed by atoms with Gasteiger partial charge in [-0.05, 0) is 25.2 Å². The van der Waals surface area contributed by atoms with Crippen LogP contribution in [0, 0.1) is 5.92 Å². The van der Waals surface area contributed by atoms with Crippen molar-refractivity contribution in [1.29, 1.82) is 0 Å². The molecule has 0 radical (unpaired) electrons. The topological polar surface area (TPSA) is 54.2 Å². The third kappa shape index (κ3) is 6.32. The van der Waals surface area contributed by atoms with Crippen LogP contribution in [0.2, 0.25) is 0 Å². The molecule has 0 spiro atoms. The minimum atomic E-state index is -0.0288. The molecule has 124 valence electrons. The Kier molecular flexibility index (Phi) is 6.65. The largest absolute Gasteiger partial charge is 0.369 e. The summed E-state index contributed by atoms with van der Waals surface area (Å²) in [7, 11) is 0. The van der Waals surface area contributed by atoms with Crippen LogP contribution in [0.5, 0.6) is 0 Å². The maximum absolute atomic E-state index is 11.4. The van der Waals surface area contributed by atoms with E-state index in [0.717, 1.165) is 32.2 Å². The molecule has 0 aromatic rings. The Bertz CT molecular complexity index is 417. The Labute approximate surface area is 133 Å². The van der Waals surface area contributed by atoms with E-state index in [4.69, 9.17) is 9.47 Å². The zero-order chi connectivity index (χ0) is 15.9. The third-order valence-corrected chi connectivity index (χ3v) is 4.04. The molecule has 4 atom stereocenters. The second-order valence-electron chi connectivity index (χ2n) is 6.57. The number of nitrogens with one attached hydrogen (secondary N) is 1. The van der Waals surface area contributed by atoms with E-state index in [-0.39, 0.29) is 5.91 Å². The lowest BCUT2D eigenvalue weighted by Crippen LogP contribution is -2.25. The van der Waals surface area contributed by atoms with Gasteiger partial charge >= 0.3 is 0 Å². The number of allylic oxidation sites excluding steroid dienone is 3. The van der Waals surface area contributed by atoms with Gasteiger partial charge in [0.15, 0.2) is 0 Å². The molecule has 0 aromatic heterocycles. The number of amides is 1. The quantitative estimate of drug-likeness (QED) is 0.383. The molecule has 4 nitrogen and oxygen atoms in total. The van der Waals surface area contributed by atoms with Crippen LogP contribution < -0.4 is 5.32 Å². The first kappa shape index (κ1) is 17.2. The van der Waals surface area contributed by atoms with E-state index in [2.05, 4.69) is 32.2 Å². The fourth-order valence-electron chi connectivity index (χ4n) is 2.56. The van der Waals surface area contributed by atoms with Crippen molar-refractivity contribution >= 4 is 5.91 Å². The fourth-order valence-corrected chi connectivity index (χ4v) is 2.56. The van der Waals surface area contributed by atoms with Gasteiger partial charge in [0, 0.05) is 19.0 Å². The average Bonchev–Trinajstić information content (AvgIpc) is 3.39. The van der Waals surface area contributed by atoms with Crippen LogP contribution in [-0.4, -0.2) is 36.9 Å². The Morgan fingerprint density at radius 2 is 1.86 bits per heavy atom. The molecule has 22 heavy (non-hydrogen) atoms. The maximum Gasteiger partial charge on any atom is 0.243 e. The monoisotopic (exact) mass is 307 g/mol. The van der Waals surface area contributed by atoms with E-state index in [1.54, 1.807) is 12.2 Å². The van der Waals surface area contributed by atoms with Crippen molar-refractivity contribution in [2.45, 2.75) is 70.9 Å². The summed E-state index contributed by atoms with van der Waals surface area (Å²) in [6, 6.07) is 0. The van der Waals surface area contributed by atoms with Crippen molar-refractivity contribution in [3.63, 3.8) is 0 Å². The van der Waals surface area contributed by atoms with Crippen LogP contribution in [0.1, 0.15) is 46.5 Å². The first-order valence-electron chi connectivity index (χ1n) is 8.52. The molecule has 1 amide bonds. The third-order valence-electron chi connectivity index (χ3n) is 4.04. The van der Waals surface area contributed by atoms with E-state index < -0.39 is 0 Å². The van der Waals surface area contributed by atoms with Crippen molar-refractivity contribution in [3.8, 4) is 0 Å². The summed E-state index contributed by atoms with van der Waals surface area (Å²) >= 11 is 0. The van der Waals surface area contributed by atoms with Crippen LogP contribution in [-0.2, 0) is 14.3 Å². The molecule has 2 rings (SSSR count). The highest BCUT2D eigenvalue weighted by Gasteiger charge is 2.46. The predicted octanol–water partition coefficient (Wildman–Crippen LogP) is 2.99. The molecule has 4 heteroatoms. The van der Waals surface area contributed by atoms with E-state index in [1.807, 2.05) is 6.08 Å². The Morgan fingerprint density at radius 1 is 1.14 bits per heavy atom. The maximum atomic E-state index is 11.4. The molecule has 0 aromatic carbocycles. The van der Waals surface area contributed by atoms with Crippen molar-refractivity contribution in [2.75, 3.05) is 6.54 Å². The van der Waals surface area contributed by atoms with Crippen LogP contribution in [0.25, 0.3) is 0 Å². The number of carbonyl (C=O) groups is 1. The summed E-state index contributed by atoms with van der Waals surface area (Å²) in [5.41, 5.74) is 0. The number of epoxide rings is 2. The normalized spacial score (nSPS) is 30.4. The molecule has 2 aliphatic rings. The van der Waals surface area contributed by atoms with Crippen molar-refractivity contribution in [2.24, 2.45) is 5.92 Å². The molecule has 0 aliphatic carbocycles. The molecule has 1 N–H and O–H groups in total. The molecule has 2 saturated heterocycles. The summed E-state index contributed by atoms with van der Waals surface area (Å²) in [5.74, 6) is 0.451. The molecule has 2 fully saturated rings. The number of ether oxygens (including phenoxy) is 2. The summed E-state index contributed by atoms with van der Waals surface area (Å²) in [5, 5.41) is 2.85. The number of carbonyl (C=O) groups excluding carboxylic acids is 1. The highest BCUT2D eigenvalue weighted by molar-refractivity contribution is 5.87. The first-order valence-corrected chi connectivity index (χ1v) is 8.52. The standard InChI is InChI=1S/C18H29NO3/c1-4-14-16(21-14)11-17-15(22-17)9-7-5-6-8-10-18(20)19-12-13(2)3/h5-6,8,10,13-17H,4,7,9,11-12H2,1-3H3,(H,19,20)/b6-5+,10-8+. The Balaban J connectivity index is 1.48. The molecule has 0 bridgehead atoms. The highest BCUT2D eigenvalue weighted by Crippen LogP contribution is 2.38. The van der Waals surface area contributed by atoms with Gasteiger partial charge in [-0.1, -0.05) is 39.0 Å². The lowest BCUT2D eigenvalue weighted by molar-refractivity contribution is -0.116. The Hall–Kier alpha value is -1.13. The number of hydrogen-bond acceptors (Lipinski definition) is 3. The molecule has 0 saturated carbocycles. The summed E-state index contributed by atoms with van der Waals surface area (Å²) < 4.78 is 11.2. The average molecular weight is 307 g/mol. The van der Waals surface area contributed by atoms with Crippen LogP contribution >= 0.6 is 0 Å². The molecule has 2 aliphatic heterocycles. The van der Waals surface area contributed by atoms with E-state index in [9.17, 15) is 4.79 Å². The lowest BCUT2D eigenvalue weighted by atomic mass is 10.1. The van der Waals surface area contributed by atoms with Gasteiger partial charge in [-0.2, -0.15) is 0 Å². The predicted molar refractivity (Wildman–Crippen MR) is 87.6 cm³/mol. The van der Waals surface area contributed by atoms with E-state index in [1.165, 1.54) is 0 Å². The fraction of sp³-hybridized carbons (Fsp3) is 0.722. The van der Waals surface area contributed by atoms with Gasteiger partial charge in [-0.3, -0.25) is 4.79 Å². The minimum absolute atomic E-state index is 0.0288. The van der Waals surface area contributed by atoms with Crippen molar-refractivity contribution in [3.05, 3.63) is 24.3 Å². The summed E-state index contributed by atoms with van der Waals surface area (Å²) in [6.45, 7) is 7.04. The van der Waals surface area contributed by atoms with Gasteiger partial charge in [0.1, 0.15) is 0 Å². The van der Waals surface area contributed by atoms with Gasteiger partial charge in [0.05, 0.1) is 24.4 Å². The van der Waals surface area contributed by atoms with Crippen molar-refractivity contribution in [1.82, 2.24) is 5.32 Å². The zero-order valence-corrected chi connectivity index (χ0v) is 14.0. The minimum Gasteiger partial charge on any atom is -0.369 e. The molecule has 4 unspecified atom stereocenters. The molecular weight excluding hydrogens is 278 g/mol. The SMILES string of the molecule is CCC1OC1CC1OC1CC/C=C/C=C/C(=O)NCC(C)C. The summed E-state index contributed by atoms with van der Waals surface area (Å²) in [6.07, 6.45) is 13.4. The van der Waals surface area contributed by atoms with Crippen LogP contribution in [0.15, 0.2) is 24.3 Å². The van der Waals surface area contributed by atoms with Gasteiger partial charge < -0.3 is 14.8 Å². The first-order chi connectivity index (χ1) is 10.6. The van der Waals surface area contributed by atoms with E-state index in [0.29, 0.717) is 30.3 Å². The van der Waals surface area contributed by atoms with E-state index >= 15 is 0 Å². The lowest BCUT2D eigenvalue weighted by Gasteiger charge is -2.03. The summed E-state index contributed by atoms with van der Waals surface area (Å²) in [4.78, 5) is 11.4. The van der Waals surface area contributed by atoms with Gasteiger partial charge in [-0.25, -0.2) is 0 Å². The van der Waals surface area contributed by atoms with Crippen LogP contribution in [0.4, 0.5) is 0 Å². The second kappa shape index (κ2) is 8.49. The number of rotatable bonds is 10. The smallest absolute Gasteiger partial charge is 0.243 e. The Morgan fingerprint density at radius 3 is 2.55 bits per heavy atom. The zero-order valence-electron chi connectivity index (χ0n) is 14.0. The van der Waals surface area contributed by atoms with Crippen molar-refractivity contribution < 1.29 is 14.3 Å². The second-order valence-corrected chi connectivity index (χ2v) is 6.57. The number of hydrogen-bond donors (Lipinski definition) is 1. The highest BCUT2D eigenvalue weighted by atomic mass is 16.6. The molecule has 2 heterocycles. The van der Waals surface area contributed by atoms with Gasteiger partial charge in [-0.15, -0.1) is 0 Å². The van der Waals surface area contributed by atoms with Gasteiger partial charge in [0.2, 0.25) is 5.91 Å².